The Hall–Kier alpha value is -2.61. The van der Waals surface area contributed by atoms with Crippen molar-refractivity contribution in [1.29, 1.82) is 0 Å². The Kier molecular flexibility index (Phi) is 7.18. The van der Waals surface area contributed by atoms with Crippen molar-refractivity contribution in [3.05, 3.63) is 66.5 Å². The number of ether oxygens (including phenoxy) is 1. The second-order valence-electron chi connectivity index (χ2n) is 6.08. The fourth-order valence-electron chi connectivity index (χ4n) is 2.54. The van der Waals surface area contributed by atoms with E-state index in [-0.39, 0.29) is 18.6 Å². The van der Waals surface area contributed by atoms with Gasteiger partial charge in [-0.2, -0.15) is 18.3 Å². The van der Waals surface area contributed by atoms with Crippen LogP contribution in [0.2, 0.25) is 0 Å². The first-order chi connectivity index (χ1) is 12.8. The minimum Gasteiger partial charge on any atom is -0.372 e. The number of hydrogen-bond acceptors (Lipinski definition) is 3. The molecule has 1 saturated heterocycles. The average molecular weight is 381 g/mol. The van der Waals surface area contributed by atoms with Gasteiger partial charge in [0.25, 0.3) is 0 Å². The van der Waals surface area contributed by atoms with Crippen molar-refractivity contribution in [3.63, 3.8) is 0 Å². The maximum absolute atomic E-state index is 12.4. The van der Waals surface area contributed by atoms with Gasteiger partial charge in [-0.25, -0.2) is 0 Å². The first-order valence-electron chi connectivity index (χ1n) is 8.42. The van der Waals surface area contributed by atoms with Crippen molar-refractivity contribution in [2.45, 2.75) is 25.3 Å². The SMILES string of the molecule is C=CC(=O)N1CCC(OCc2ccc(C(F)(F)F)cc2)C1.Cn1cccn1. The number of hydrogen-bond donors (Lipinski definition) is 0. The Morgan fingerprint density at radius 1 is 1.37 bits per heavy atom. The summed E-state index contributed by atoms with van der Waals surface area (Å²) in [6, 6.07) is 6.79. The van der Waals surface area contributed by atoms with Crippen LogP contribution >= 0.6 is 0 Å². The molecule has 1 amide bonds. The molecular weight excluding hydrogens is 359 g/mol. The monoisotopic (exact) mass is 381 g/mol. The summed E-state index contributed by atoms with van der Waals surface area (Å²) >= 11 is 0. The number of alkyl halides is 3. The highest BCUT2D eigenvalue weighted by molar-refractivity contribution is 5.87. The van der Waals surface area contributed by atoms with Crippen LogP contribution in [0, 0.1) is 0 Å². The van der Waals surface area contributed by atoms with Gasteiger partial charge in [0.1, 0.15) is 0 Å². The van der Waals surface area contributed by atoms with E-state index in [1.807, 2.05) is 19.3 Å². The van der Waals surface area contributed by atoms with E-state index in [0.717, 1.165) is 18.6 Å². The molecule has 1 atom stereocenters. The molecule has 1 unspecified atom stereocenters. The number of amides is 1. The van der Waals surface area contributed by atoms with Crippen LogP contribution in [0.15, 0.2) is 55.4 Å². The Bertz CT molecular complexity index is 728. The molecule has 0 saturated carbocycles. The zero-order chi connectivity index (χ0) is 19.9. The molecule has 8 heteroatoms. The van der Waals surface area contributed by atoms with E-state index in [4.69, 9.17) is 4.74 Å². The molecule has 1 aliphatic heterocycles. The third-order valence-corrected chi connectivity index (χ3v) is 4.03. The number of aryl methyl sites for hydroxylation is 1. The Labute approximate surface area is 156 Å². The lowest BCUT2D eigenvalue weighted by molar-refractivity contribution is -0.137. The number of aromatic nitrogens is 2. The number of rotatable bonds is 4. The third-order valence-electron chi connectivity index (χ3n) is 4.03. The Morgan fingerprint density at radius 3 is 2.56 bits per heavy atom. The van der Waals surface area contributed by atoms with Crippen LogP contribution in [0.25, 0.3) is 0 Å². The summed E-state index contributed by atoms with van der Waals surface area (Å²) in [5.41, 5.74) is 0.00590. The molecule has 1 aromatic heterocycles. The summed E-state index contributed by atoms with van der Waals surface area (Å²) in [4.78, 5) is 13.1. The van der Waals surface area contributed by atoms with Crippen LogP contribution in [-0.2, 0) is 29.4 Å². The molecule has 3 rings (SSSR count). The molecule has 0 spiro atoms. The van der Waals surface area contributed by atoms with E-state index < -0.39 is 11.7 Å². The van der Waals surface area contributed by atoms with E-state index in [2.05, 4.69) is 11.7 Å². The van der Waals surface area contributed by atoms with Gasteiger partial charge in [-0.3, -0.25) is 9.48 Å². The minimum absolute atomic E-state index is 0.0869. The molecule has 27 heavy (non-hydrogen) atoms. The highest BCUT2D eigenvalue weighted by atomic mass is 19.4. The summed E-state index contributed by atoms with van der Waals surface area (Å²) in [7, 11) is 1.89. The van der Waals surface area contributed by atoms with Gasteiger partial charge < -0.3 is 9.64 Å². The standard InChI is InChI=1S/C15H16F3NO2.C4H6N2/c1-2-14(20)19-8-7-13(9-19)21-10-11-3-5-12(6-4-11)15(16,17)18;1-6-4-2-3-5-6/h2-6,13H,1,7-10H2;2-4H,1H3. The fraction of sp³-hybridized carbons (Fsp3) is 0.368. The van der Waals surface area contributed by atoms with Gasteiger partial charge in [0.05, 0.1) is 18.3 Å². The van der Waals surface area contributed by atoms with Gasteiger partial charge in [0, 0.05) is 32.5 Å². The number of likely N-dealkylation sites (tertiary alicyclic amines) is 1. The van der Waals surface area contributed by atoms with Crippen LogP contribution in [0.3, 0.4) is 0 Å². The van der Waals surface area contributed by atoms with E-state index >= 15 is 0 Å². The van der Waals surface area contributed by atoms with Crippen molar-refractivity contribution in [1.82, 2.24) is 14.7 Å². The van der Waals surface area contributed by atoms with Gasteiger partial charge in [-0.1, -0.05) is 18.7 Å². The molecular formula is C19H22F3N3O2. The first-order valence-corrected chi connectivity index (χ1v) is 8.42. The molecule has 0 aliphatic carbocycles. The number of carbonyl (C=O) groups excluding carboxylic acids is 1. The third kappa shape index (κ3) is 6.56. The number of nitrogens with zero attached hydrogens (tertiary/aromatic N) is 3. The predicted molar refractivity (Wildman–Crippen MR) is 94.6 cm³/mol. The van der Waals surface area contributed by atoms with Gasteiger partial charge >= 0.3 is 6.18 Å². The second-order valence-corrected chi connectivity index (χ2v) is 6.08. The van der Waals surface area contributed by atoms with E-state index in [9.17, 15) is 18.0 Å². The molecule has 2 heterocycles. The second kappa shape index (κ2) is 9.36. The maximum atomic E-state index is 12.4. The maximum Gasteiger partial charge on any atom is 0.416 e. The van der Waals surface area contributed by atoms with Crippen molar-refractivity contribution >= 4 is 5.91 Å². The molecule has 0 bridgehead atoms. The van der Waals surface area contributed by atoms with Crippen LogP contribution in [-0.4, -0.2) is 39.8 Å². The quantitative estimate of drug-likeness (QED) is 0.763. The van der Waals surface area contributed by atoms with Crippen molar-refractivity contribution < 1.29 is 22.7 Å². The Balaban J connectivity index is 0.000000369. The normalized spacial score (nSPS) is 16.6. The van der Waals surface area contributed by atoms with Crippen molar-refractivity contribution in [2.75, 3.05) is 13.1 Å². The lowest BCUT2D eigenvalue weighted by atomic mass is 10.1. The number of benzene rings is 1. The summed E-state index contributed by atoms with van der Waals surface area (Å²) < 4.78 is 44.7. The molecule has 146 valence electrons. The summed E-state index contributed by atoms with van der Waals surface area (Å²) in [5, 5.41) is 3.83. The highest BCUT2D eigenvalue weighted by Gasteiger charge is 2.30. The van der Waals surface area contributed by atoms with Gasteiger partial charge in [0.2, 0.25) is 5.91 Å². The van der Waals surface area contributed by atoms with E-state index in [1.165, 1.54) is 18.2 Å². The molecule has 1 fully saturated rings. The fourth-order valence-corrected chi connectivity index (χ4v) is 2.54. The van der Waals surface area contributed by atoms with E-state index in [1.54, 1.807) is 15.8 Å². The topological polar surface area (TPSA) is 47.4 Å². The molecule has 0 N–H and O–H groups in total. The Morgan fingerprint density at radius 2 is 2.07 bits per heavy atom. The van der Waals surface area contributed by atoms with Gasteiger partial charge in [0.15, 0.2) is 0 Å². The van der Waals surface area contributed by atoms with Crippen LogP contribution < -0.4 is 0 Å². The lowest BCUT2D eigenvalue weighted by Crippen LogP contribution is -2.28. The van der Waals surface area contributed by atoms with Crippen molar-refractivity contribution in [3.8, 4) is 0 Å². The zero-order valence-corrected chi connectivity index (χ0v) is 15.0. The lowest BCUT2D eigenvalue weighted by Gasteiger charge is -2.15. The number of carbonyl (C=O) groups is 1. The zero-order valence-electron chi connectivity index (χ0n) is 15.0. The first kappa shape index (κ1) is 20.7. The summed E-state index contributed by atoms with van der Waals surface area (Å²) in [5.74, 6) is -0.129. The molecule has 1 aliphatic rings. The highest BCUT2D eigenvalue weighted by Crippen LogP contribution is 2.29. The van der Waals surface area contributed by atoms with Crippen LogP contribution in [0.1, 0.15) is 17.5 Å². The van der Waals surface area contributed by atoms with Crippen LogP contribution in [0.4, 0.5) is 13.2 Å². The van der Waals surface area contributed by atoms with Crippen molar-refractivity contribution in [2.24, 2.45) is 7.05 Å². The largest absolute Gasteiger partial charge is 0.416 e. The van der Waals surface area contributed by atoms with Crippen LogP contribution in [0.5, 0.6) is 0 Å². The van der Waals surface area contributed by atoms with Gasteiger partial charge in [-0.15, -0.1) is 0 Å². The summed E-state index contributed by atoms with van der Waals surface area (Å²) in [6.45, 7) is 4.77. The smallest absolute Gasteiger partial charge is 0.372 e. The molecule has 1 aromatic carbocycles. The van der Waals surface area contributed by atoms with E-state index in [0.29, 0.717) is 18.7 Å². The predicted octanol–water partition coefficient (Wildman–Crippen LogP) is 3.43. The average Bonchev–Trinajstić information content (AvgIpc) is 3.31. The minimum atomic E-state index is -4.32. The summed E-state index contributed by atoms with van der Waals surface area (Å²) in [6.07, 6.45) is 1.21. The molecule has 2 aromatic rings. The molecule has 0 radical (unpaired) electrons. The number of halogens is 3. The van der Waals surface area contributed by atoms with Gasteiger partial charge in [-0.05, 0) is 36.3 Å². The molecule has 5 nitrogen and oxygen atoms in total.